The largest absolute Gasteiger partial charge is 0.469 e. The zero-order valence-corrected chi connectivity index (χ0v) is 13.0. The van der Waals surface area contributed by atoms with Gasteiger partial charge in [0.1, 0.15) is 4.83 Å². The van der Waals surface area contributed by atoms with Gasteiger partial charge in [0, 0.05) is 23.6 Å². The number of hydrogen-bond donors (Lipinski definition) is 0. The van der Waals surface area contributed by atoms with Crippen LogP contribution in [0, 0.1) is 0 Å². The van der Waals surface area contributed by atoms with Gasteiger partial charge in [0.2, 0.25) is 0 Å². The van der Waals surface area contributed by atoms with Gasteiger partial charge in [0.15, 0.2) is 5.78 Å². The van der Waals surface area contributed by atoms with Crippen LogP contribution in [0.3, 0.4) is 0 Å². The molecule has 0 radical (unpaired) electrons. The third kappa shape index (κ3) is 2.99. The van der Waals surface area contributed by atoms with Crippen molar-refractivity contribution in [3.63, 3.8) is 0 Å². The van der Waals surface area contributed by atoms with E-state index in [0.717, 1.165) is 21.1 Å². The number of Topliss-reactive ketones (excluding diaryl/α,β-unsaturated/α-hetero) is 1. The number of aromatic nitrogens is 1. The summed E-state index contributed by atoms with van der Waals surface area (Å²) in [7, 11) is 1.35. The molecule has 0 aliphatic carbocycles. The highest BCUT2D eigenvalue weighted by atomic mass is 32.1. The van der Waals surface area contributed by atoms with Gasteiger partial charge >= 0.3 is 5.97 Å². The van der Waals surface area contributed by atoms with E-state index >= 15 is 0 Å². The SMILES string of the molecule is COC(=O)CCCC(=O)c1cc2cc3ccccc3nc2s1. The van der Waals surface area contributed by atoms with Crippen molar-refractivity contribution in [1.82, 2.24) is 4.98 Å². The van der Waals surface area contributed by atoms with Gasteiger partial charge < -0.3 is 4.74 Å². The molecule has 112 valence electrons. The van der Waals surface area contributed by atoms with Crippen LogP contribution in [0.2, 0.25) is 0 Å². The molecule has 0 aliphatic rings. The van der Waals surface area contributed by atoms with Crippen molar-refractivity contribution in [2.24, 2.45) is 0 Å². The summed E-state index contributed by atoms with van der Waals surface area (Å²) < 4.78 is 4.57. The Morgan fingerprint density at radius 1 is 1.14 bits per heavy atom. The van der Waals surface area contributed by atoms with E-state index in [1.807, 2.05) is 30.3 Å². The van der Waals surface area contributed by atoms with Gasteiger partial charge in [-0.1, -0.05) is 18.2 Å². The maximum atomic E-state index is 12.2. The maximum absolute atomic E-state index is 12.2. The second kappa shape index (κ2) is 6.23. The zero-order chi connectivity index (χ0) is 15.5. The highest BCUT2D eigenvalue weighted by Gasteiger charge is 2.12. The van der Waals surface area contributed by atoms with Gasteiger partial charge in [-0.2, -0.15) is 0 Å². The van der Waals surface area contributed by atoms with Crippen LogP contribution < -0.4 is 0 Å². The number of pyridine rings is 1. The predicted molar refractivity (Wildman–Crippen MR) is 87.3 cm³/mol. The average Bonchev–Trinajstić information content (AvgIpc) is 2.95. The van der Waals surface area contributed by atoms with Crippen molar-refractivity contribution in [3.05, 3.63) is 41.3 Å². The Labute approximate surface area is 131 Å². The Balaban J connectivity index is 1.80. The molecule has 0 N–H and O–H groups in total. The van der Waals surface area contributed by atoms with Crippen LogP contribution in [0.15, 0.2) is 36.4 Å². The number of nitrogens with zero attached hydrogens (tertiary/aromatic N) is 1. The molecular weight excluding hydrogens is 298 g/mol. The standard InChI is InChI=1S/C17H15NO3S/c1-21-16(20)8-4-7-14(19)15-10-12-9-11-5-2-3-6-13(11)18-17(12)22-15/h2-3,5-6,9-10H,4,7-8H2,1H3. The van der Waals surface area contributed by atoms with Crippen LogP contribution in [0.1, 0.15) is 28.9 Å². The van der Waals surface area contributed by atoms with Gasteiger partial charge in [-0.15, -0.1) is 11.3 Å². The number of thiophene rings is 1. The molecule has 3 rings (SSSR count). The molecule has 0 fully saturated rings. The molecule has 0 amide bonds. The Hall–Kier alpha value is -2.27. The molecule has 0 atom stereocenters. The third-order valence-corrected chi connectivity index (χ3v) is 4.58. The van der Waals surface area contributed by atoms with Gasteiger partial charge in [-0.25, -0.2) is 4.98 Å². The average molecular weight is 313 g/mol. The third-order valence-electron chi connectivity index (χ3n) is 3.50. The van der Waals surface area contributed by atoms with E-state index in [-0.39, 0.29) is 18.2 Å². The molecular formula is C17H15NO3S. The minimum absolute atomic E-state index is 0.0518. The molecule has 5 heteroatoms. The summed E-state index contributed by atoms with van der Waals surface area (Å²) in [6.45, 7) is 0. The first-order valence-electron chi connectivity index (χ1n) is 7.07. The monoisotopic (exact) mass is 313 g/mol. The zero-order valence-electron chi connectivity index (χ0n) is 12.2. The molecule has 2 aromatic heterocycles. The molecule has 2 heterocycles. The lowest BCUT2D eigenvalue weighted by atomic mass is 10.1. The fourth-order valence-corrected chi connectivity index (χ4v) is 3.32. The van der Waals surface area contributed by atoms with E-state index in [4.69, 9.17) is 0 Å². The van der Waals surface area contributed by atoms with Crippen molar-refractivity contribution >= 4 is 44.2 Å². The molecule has 4 nitrogen and oxygen atoms in total. The first-order valence-corrected chi connectivity index (χ1v) is 7.88. The van der Waals surface area contributed by atoms with Crippen LogP contribution in [0.25, 0.3) is 21.1 Å². The molecule has 22 heavy (non-hydrogen) atoms. The summed E-state index contributed by atoms with van der Waals surface area (Å²) in [6, 6.07) is 11.8. The van der Waals surface area contributed by atoms with Crippen LogP contribution in [-0.4, -0.2) is 23.8 Å². The number of para-hydroxylation sites is 1. The Morgan fingerprint density at radius 3 is 2.77 bits per heavy atom. The molecule has 0 unspecified atom stereocenters. The van der Waals surface area contributed by atoms with E-state index in [0.29, 0.717) is 17.7 Å². The molecule has 0 aliphatic heterocycles. The summed E-state index contributed by atoms with van der Waals surface area (Å²) in [4.78, 5) is 29.4. The minimum atomic E-state index is -0.281. The second-order valence-corrected chi connectivity index (χ2v) is 6.07. The summed E-state index contributed by atoms with van der Waals surface area (Å²) in [5.41, 5.74) is 0.932. The lowest BCUT2D eigenvalue weighted by Gasteiger charge is -1.98. The van der Waals surface area contributed by atoms with E-state index in [1.54, 1.807) is 0 Å². The number of benzene rings is 1. The number of esters is 1. The van der Waals surface area contributed by atoms with Crippen molar-refractivity contribution in [3.8, 4) is 0 Å². The Kier molecular flexibility index (Phi) is 4.15. The number of ether oxygens (including phenoxy) is 1. The molecule has 1 aromatic carbocycles. The second-order valence-electron chi connectivity index (χ2n) is 5.04. The quantitative estimate of drug-likeness (QED) is 0.528. The van der Waals surface area contributed by atoms with E-state index in [1.165, 1.54) is 18.4 Å². The number of rotatable bonds is 5. The Morgan fingerprint density at radius 2 is 1.95 bits per heavy atom. The fourth-order valence-electron chi connectivity index (χ4n) is 2.33. The van der Waals surface area contributed by atoms with Crippen LogP contribution >= 0.6 is 11.3 Å². The maximum Gasteiger partial charge on any atom is 0.305 e. The summed E-state index contributed by atoms with van der Waals surface area (Å²) in [6.07, 6.45) is 1.13. The van der Waals surface area contributed by atoms with E-state index in [9.17, 15) is 9.59 Å². The molecule has 0 bridgehead atoms. The van der Waals surface area contributed by atoms with Crippen LogP contribution in [0.5, 0.6) is 0 Å². The minimum Gasteiger partial charge on any atom is -0.469 e. The number of carbonyl (C=O) groups is 2. The van der Waals surface area contributed by atoms with Crippen molar-refractivity contribution < 1.29 is 14.3 Å². The van der Waals surface area contributed by atoms with Crippen molar-refractivity contribution in [2.75, 3.05) is 7.11 Å². The normalized spacial score (nSPS) is 11.0. The lowest BCUT2D eigenvalue weighted by Crippen LogP contribution is -2.02. The van der Waals surface area contributed by atoms with Gasteiger partial charge in [-0.3, -0.25) is 9.59 Å². The van der Waals surface area contributed by atoms with Crippen LogP contribution in [0.4, 0.5) is 0 Å². The van der Waals surface area contributed by atoms with Gasteiger partial charge in [-0.05, 0) is 24.6 Å². The Bertz CT molecular complexity index is 801. The lowest BCUT2D eigenvalue weighted by molar-refractivity contribution is -0.140. The highest BCUT2D eigenvalue weighted by Crippen LogP contribution is 2.28. The fraction of sp³-hybridized carbons (Fsp3) is 0.235. The smallest absolute Gasteiger partial charge is 0.305 e. The van der Waals surface area contributed by atoms with Crippen LogP contribution in [-0.2, 0) is 9.53 Å². The first kappa shape index (κ1) is 14.7. The number of ketones is 1. The number of methoxy groups -OCH3 is 1. The van der Waals surface area contributed by atoms with Crippen molar-refractivity contribution in [1.29, 1.82) is 0 Å². The topological polar surface area (TPSA) is 56.3 Å². The number of carbonyl (C=O) groups excluding carboxylic acids is 2. The summed E-state index contributed by atoms with van der Waals surface area (Å²) in [5.74, 6) is -0.229. The first-order chi connectivity index (χ1) is 10.7. The van der Waals surface area contributed by atoms with Gasteiger partial charge in [0.25, 0.3) is 0 Å². The highest BCUT2D eigenvalue weighted by molar-refractivity contribution is 7.20. The predicted octanol–water partition coefficient (Wildman–Crippen LogP) is 3.98. The summed E-state index contributed by atoms with van der Waals surface area (Å²) in [5, 5.41) is 2.05. The molecule has 0 saturated carbocycles. The van der Waals surface area contributed by atoms with E-state index in [2.05, 4.69) is 15.8 Å². The van der Waals surface area contributed by atoms with Gasteiger partial charge in [0.05, 0.1) is 17.5 Å². The number of hydrogen-bond acceptors (Lipinski definition) is 5. The summed E-state index contributed by atoms with van der Waals surface area (Å²) >= 11 is 1.41. The molecule has 0 spiro atoms. The molecule has 3 aromatic rings. The molecule has 0 saturated heterocycles. The van der Waals surface area contributed by atoms with E-state index < -0.39 is 0 Å². The van der Waals surface area contributed by atoms with Crippen molar-refractivity contribution in [2.45, 2.75) is 19.3 Å². The number of fused-ring (bicyclic) bond motifs is 2.